The minimum atomic E-state index is 0.557. The van der Waals surface area contributed by atoms with Gasteiger partial charge in [0.1, 0.15) is 5.52 Å². The summed E-state index contributed by atoms with van der Waals surface area (Å²) < 4.78 is 5.64. The first-order valence-electron chi connectivity index (χ1n) is 4.96. The fraction of sp³-hybridized carbons (Fsp3) is 0.364. The molecule has 1 fully saturated rings. The van der Waals surface area contributed by atoms with E-state index in [9.17, 15) is 0 Å². The van der Waals surface area contributed by atoms with Crippen LogP contribution in [0.15, 0.2) is 22.6 Å². The van der Waals surface area contributed by atoms with Gasteiger partial charge in [0.2, 0.25) is 0 Å². The molecular weight excluding hydrogens is 176 g/mol. The zero-order valence-electron chi connectivity index (χ0n) is 7.86. The van der Waals surface area contributed by atoms with Crippen LogP contribution in [0, 0.1) is 0 Å². The van der Waals surface area contributed by atoms with E-state index in [1.54, 1.807) is 0 Å². The molecule has 3 rings (SSSR count). The SMILES string of the molecule is NCc1ccc2oc(C3CC3)nc2c1. The van der Waals surface area contributed by atoms with Crippen molar-refractivity contribution >= 4 is 11.1 Å². The van der Waals surface area contributed by atoms with Crippen molar-refractivity contribution in [2.75, 3.05) is 0 Å². The van der Waals surface area contributed by atoms with E-state index in [0.29, 0.717) is 12.5 Å². The van der Waals surface area contributed by atoms with Crippen LogP contribution in [-0.2, 0) is 6.54 Å². The molecule has 2 N–H and O–H groups in total. The molecule has 1 saturated carbocycles. The maximum atomic E-state index is 5.64. The van der Waals surface area contributed by atoms with Crippen molar-refractivity contribution in [2.45, 2.75) is 25.3 Å². The minimum Gasteiger partial charge on any atom is -0.440 e. The molecule has 0 bridgehead atoms. The van der Waals surface area contributed by atoms with Crippen molar-refractivity contribution in [3.05, 3.63) is 29.7 Å². The summed E-state index contributed by atoms with van der Waals surface area (Å²) in [6.45, 7) is 0.557. The Kier molecular flexibility index (Phi) is 1.61. The van der Waals surface area contributed by atoms with Crippen molar-refractivity contribution in [2.24, 2.45) is 5.73 Å². The molecule has 3 heteroatoms. The Morgan fingerprint density at radius 3 is 3.00 bits per heavy atom. The molecule has 0 atom stereocenters. The summed E-state index contributed by atoms with van der Waals surface area (Å²) >= 11 is 0. The van der Waals surface area contributed by atoms with Crippen molar-refractivity contribution in [3.63, 3.8) is 0 Å². The van der Waals surface area contributed by atoms with Crippen LogP contribution in [-0.4, -0.2) is 4.98 Å². The summed E-state index contributed by atoms with van der Waals surface area (Å²) in [7, 11) is 0. The number of oxazole rings is 1. The fourth-order valence-corrected chi connectivity index (χ4v) is 1.62. The molecule has 1 heterocycles. The normalized spacial score (nSPS) is 16.4. The van der Waals surface area contributed by atoms with Crippen LogP contribution < -0.4 is 5.73 Å². The highest BCUT2D eigenvalue weighted by atomic mass is 16.3. The highest BCUT2D eigenvalue weighted by molar-refractivity contribution is 5.73. The number of rotatable bonds is 2. The third-order valence-electron chi connectivity index (χ3n) is 2.63. The molecule has 0 saturated heterocycles. The third kappa shape index (κ3) is 1.21. The van der Waals surface area contributed by atoms with Gasteiger partial charge < -0.3 is 10.2 Å². The topological polar surface area (TPSA) is 52.0 Å². The van der Waals surface area contributed by atoms with E-state index in [0.717, 1.165) is 22.6 Å². The van der Waals surface area contributed by atoms with Gasteiger partial charge in [-0.3, -0.25) is 0 Å². The molecule has 0 aliphatic heterocycles. The van der Waals surface area contributed by atoms with Crippen LogP contribution in [0.25, 0.3) is 11.1 Å². The van der Waals surface area contributed by atoms with E-state index in [-0.39, 0.29) is 0 Å². The van der Waals surface area contributed by atoms with Crippen LogP contribution in [0.3, 0.4) is 0 Å². The van der Waals surface area contributed by atoms with Crippen molar-refractivity contribution in [3.8, 4) is 0 Å². The Hall–Kier alpha value is -1.35. The monoisotopic (exact) mass is 188 g/mol. The lowest BCUT2D eigenvalue weighted by molar-refractivity contribution is 0.533. The first kappa shape index (κ1) is 8.00. The minimum absolute atomic E-state index is 0.557. The van der Waals surface area contributed by atoms with E-state index >= 15 is 0 Å². The van der Waals surface area contributed by atoms with Gasteiger partial charge in [-0.1, -0.05) is 6.07 Å². The number of hydrogen-bond acceptors (Lipinski definition) is 3. The summed E-state index contributed by atoms with van der Waals surface area (Å²) in [6, 6.07) is 5.95. The largest absolute Gasteiger partial charge is 0.440 e. The van der Waals surface area contributed by atoms with Gasteiger partial charge in [-0.15, -0.1) is 0 Å². The molecule has 1 aliphatic rings. The van der Waals surface area contributed by atoms with Crippen molar-refractivity contribution in [1.82, 2.24) is 4.98 Å². The fourth-order valence-electron chi connectivity index (χ4n) is 1.62. The summed E-state index contributed by atoms with van der Waals surface area (Å²) in [6.07, 6.45) is 2.44. The number of fused-ring (bicyclic) bond motifs is 1. The number of nitrogens with zero attached hydrogens (tertiary/aromatic N) is 1. The summed E-state index contributed by atoms with van der Waals surface area (Å²) in [4.78, 5) is 4.46. The van der Waals surface area contributed by atoms with Gasteiger partial charge in [0.05, 0.1) is 0 Å². The highest BCUT2D eigenvalue weighted by Crippen LogP contribution is 2.40. The Balaban J connectivity index is 2.12. The average molecular weight is 188 g/mol. The van der Waals surface area contributed by atoms with Crippen molar-refractivity contribution < 1.29 is 4.42 Å². The molecular formula is C11H12N2O. The second kappa shape index (κ2) is 2.82. The molecule has 14 heavy (non-hydrogen) atoms. The van der Waals surface area contributed by atoms with Gasteiger partial charge in [0, 0.05) is 12.5 Å². The van der Waals surface area contributed by atoms with Gasteiger partial charge in [0.25, 0.3) is 0 Å². The van der Waals surface area contributed by atoms with Crippen LogP contribution in [0.1, 0.15) is 30.2 Å². The Labute approximate surface area is 81.9 Å². The standard InChI is InChI=1S/C11H12N2O/c12-6-7-1-4-10-9(5-7)13-11(14-10)8-2-3-8/h1,4-5,8H,2-3,6,12H2. The molecule has 0 radical (unpaired) electrons. The number of hydrogen-bond donors (Lipinski definition) is 1. The Morgan fingerprint density at radius 1 is 1.43 bits per heavy atom. The predicted octanol–water partition coefficient (Wildman–Crippen LogP) is 2.16. The third-order valence-corrected chi connectivity index (χ3v) is 2.63. The number of nitrogens with two attached hydrogens (primary N) is 1. The summed E-state index contributed by atoms with van der Waals surface area (Å²) in [5, 5.41) is 0. The second-order valence-electron chi connectivity index (χ2n) is 3.83. The van der Waals surface area contributed by atoms with Gasteiger partial charge in [-0.2, -0.15) is 0 Å². The maximum Gasteiger partial charge on any atom is 0.198 e. The van der Waals surface area contributed by atoms with Gasteiger partial charge >= 0.3 is 0 Å². The molecule has 0 unspecified atom stereocenters. The number of aromatic nitrogens is 1. The predicted molar refractivity (Wildman–Crippen MR) is 53.9 cm³/mol. The zero-order valence-corrected chi connectivity index (χ0v) is 7.86. The molecule has 0 amide bonds. The molecule has 2 aromatic rings. The Bertz CT molecular complexity index is 471. The Morgan fingerprint density at radius 2 is 2.29 bits per heavy atom. The first-order valence-corrected chi connectivity index (χ1v) is 4.96. The van der Waals surface area contributed by atoms with Crippen LogP contribution in [0.2, 0.25) is 0 Å². The molecule has 1 aromatic carbocycles. The lowest BCUT2D eigenvalue weighted by Crippen LogP contribution is -1.94. The molecule has 72 valence electrons. The second-order valence-corrected chi connectivity index (χ2v) is 3.83. The van der Waals surface area contributed by atoms with Crippen LogP contribution >= 0.6 is 0 Å². The number of benzene rings is 1. The maximum absolute atomic E-state index is 5.64. The average Bonchev–Trinajstić information content (AvgIpc) is 2.97. The lowest BCUT2D eigenvalue weighted by atomic mass is 10.2. The van der Waals surface area contributed by atoms with Crippen LogP contribution in [0.5, 0.6) is 0 Å². The van der Waals surface area contributed by atoms with E-state index in [2.05, 4.69) is 4.98 Å². The lowest BCUT2D eigenvalue weighted by Gasteiger charge is -1.92. The van der Waals surface area contributed by atoms with Crippen molar-refractivity contribution in [1.29, 1.82) is 0 Å². The van der Waals surface area contributed by atoms with Gasteiger partial charge in [-0.05, 0) is 30.5 Å². The van der Waals surface area contributed by atoms with E-state index in [1.807, 2.05) is 18.2 Å². The van der Waals surface area contributed by atoms with E-state index in [1.165, 1.54) is 12.8 Å². The molecule has 0 spiro atoms. The van der Waals surface area contributed by atoms with Crippen LogP contribution in [0.4, 0.5) is 0 Å². The molecule has 1 aliphatic carbocycles. The summed E-state index contributed by atoms with van der Waals surface area (Å²) in [5.74, 6) is 1.47. The zero-order chi connectivity index (χ0) is 9.54. The molecule has 3 nitrogen and oxygen atoms in total. The molecule has 1 aromatic heterocycles. The highest BCUT2D eigenvalue weighted by Gasteiger charge is 2.28. The van der Waals surface area contributed by atoms with E-state index in [4.69, 9.17) is 10.2 Å². The summed E-state index contributed by atoms with van der Waals surface area (Å²) in [5.41, 5.74) is 8.48. The van der Waals surface area contributed by atoms with Gasteiger partial charge in [0.15, 0.2) is 11.5 Å². The first-order chi connectivity index (χ1) is 6.86. The van der Waals surface area contributed by atoms with E-state index < -0.39 is 0 Å². The smallest absolute Gasteiger partial charge is 0.198 e. The van der Waals surface area contributed by atoms with Gasteiger partial charge in [-0.25, -0.2) is 4.98 Å². The quantitative estimate of drug-likeness (QED) is 0.785.